The van der Waals surface area contributed by atoms with Crippen molar-refractivity contribution in [3.63, 3.8) is 0 Å². The molecular weight excluding hydrogens is 311 g/mol. The molecule has 94 valence electrons. The van der Waals surface area contributed by atoms with Crippen LogP contribution in [-0.4, -0.2) is 15.0 Å². The maximum Gasteiger partial charge on any atom is 0.243 e. The van der Waals surface area contributed by atoms with E-state index in [9.17, 15) is 12.8 Å². The summed E-state index contributed by atoms with van der Waals surface area (Å²) in [7, 11) is -3.81. The molecule has 3 N–H and O–H groups in total. The number of sulfonamides is 1. The van der Waals surface area contributed by atoms with Crippen molar-refractivity contribution in [2.45, 2.75) is 17.7 Å². The first-order valence-electron chi connectivity index (χ1n) is 5.14. The first-order valence-corrected chi connectivity index (χ1v) is 7.42. The lowest BCUT2D eigenvalue weighted by atomic mass is 10.3. The molecule has 0 bridgehead atoms. The summed E-state index contributed by atoms with van der Waals surface area (Å²) in [6.45, 7) is 0.359. The molecule has 1 aliphatic carbocycles. The molecule has 4 nitrogen and oxygen atoms in total. The average Bonchev–Trinajstić information content (AvgIpc) is 3.04. The van der Waals surface area contributed by atoms with Crippen LogP contribution in [0.5, 0.6) is 0 Å². The van der Waals surface area contributed by atoms with Crippen LogP contribution < -0.4 is 10.5 Å². The fourth-order valence-corrected chi connectivity index (χ4v) is 2.90. The molecule has 2 rings (SSSR count). The SMILES string of the molecule is Nc1cc(S(=O)(=O)NCC2CC2)c(F)cc1Br. The topological polar surface area (TPSA) is 72.2 Å². The first-order chi connectivity index (χ1) is 7.90. The highest BCUT2D eigenvalue weighted by atomic mass is 79.9. The summed E-state index contributed by atoms with van der Waals surface area (Å²) >= 11 is 3.04. The molecule has 1 aliphatic rings. The Morgan fingerprint density at radius 1 is 1.47 bits per heavy atom. The molecule has 17 heavy (non-hydrogen) atoms. The van der Waals surface area contributed by atoms with Crippen LogP contribution in [0.3, 0.4) is 0 Å². The van der Waals surface area contributed by atoms with Gasteiger partial charge in [-0.2, -0.15) is 0 Å². The van der Waals surface area contributed by atoms with E-state index in [1.54, 1.807) is 0 Å². The first kappa shape index (κ1) is 12.8. The van der Waals surface area contributed by atoms with Crippen molar-refractivity contribution in [3.8, 4) is 0 Å². The van der Waals surface area contributed by atoms with Crippen LogP contribution in [-0.2, 0) is 10.0 Å². The Morgan fingerprint density at radius 3 is 2.71 bits per heavy atom. The average molecular weight is 323 g/mol. The third-order valence-electron chi connectivity index (χ3n) is 2.60. The molecule has 0 aromatic heterocycles. The van der Waals surface area contributed by atoms with Crippen LogP contribution >= 0.6 is 15.9 Å². The van der Waals surface area contributed by atoms with Crippen molar-refractivity contribution < 1.29 is 12.8 Å². The van der Waals surface area contributed by atoms with Gasteiger partial charge in [0.15, 0.2) is 0 Å². The highest BCUT2D eigenvalue weighted by molar-refractivity contribution is 9.10. The predicted octanol–water partition coefficient (Wildman–Crippen LogP) is 1.86. The second-order valence-electron chi connectivity index (χ2n) is 4.10. The van der Waals surface area contributed by atoms with Gasteiger partial charge in [-0.1, -0.05) is 0 Å². The van der Waals surface area contributed by atoms with E-state index in [0.717, 1.165) is 25.0 Å². The Morgan fingerprint density at radius 2 is 2.12 bits per heavy atom. The number of nitrogens with two attached hydrogens (primary N) is 1. The van der Waals surface area contributed by atoms with E-state index >= 15 is 0 Å². The molecule has 7 heteroatoms. The number of anilines is 1. The highest BCUT2D eigenvalue weighted by Crippen LogP contribution is 2.29. The molecule has 0 unspecified atom stereocenters. The number of nitrogens with one attached hydrogen (secondary N) is 1. The molecule has 0 aliphatic heterocycles. The molecule has 0 spiro atoms. The number of hydrogen-bond acceptors (Lipinski definition) is 3. The zero-order chi connectivity index (χ0) is 12.6. The van der Waals surface area contributed by atoms with Crippen molar-refractivity contribution in [2.24, 2.45) is 5.92 Å². The Bertz CT molecular complexity index is 543. The fraction of sp³-hybridized carbons (Fsp3) is 0.400. The van der Waals surface area contributed by atoms with Gasteiger partial charge in [-0.15, -0.1) is 0 Å². The molecule has 0 radical (unpaired) electrons. The van der Waals surface area contributed by atoms with Gasteiger partial charge in [0.1, 0.15) is 10.7 Å². The molecular formula is C10H12BrFN2O2S. The van der Waals surface area contributed by atoms with Crippen molar-refractivity contribution in [3.05, 3.63) is 22.4 Å². The Hall–Kier alpha value is -0.660. The van der Waals surface area contributed by atoms with Crippen LogP contribution in [0.1, 0.15) is 12.8 Å². The molecule has 0 heterocycles. The maximum absolute atomic E-state index is 13.6. The number of rotatable bonds is 4. The van der Waals surface area contributed by atoms with Gasteiger partial charge in [0.05, 0.1) is 0 Å². The lowest BCUT2D eigenvalue weighted by Crippen LogP contribution is -2.26. The van der Waals surface area contributed by atoms with Crippen molar-refractivity contribution >= 4 is 31.6 Å². The van der Waals surface area contributed by atoms with Gasteiger partial charge in [0.25, 0.3) is 0 Å². The second kappa shape index (κ2) is 4.55. The fourth-order valence-electron chi connectivity index (χ4n) is 1.38. The van der Waals surface area contributed by atoms with Crippen molar-refractivity contribution in [1.82, 2.24) is 4.72 Å². The summed E-state index contributed by atoms with van der Waals surface area (Å²) in [5.74, 6) is -0.421. The van der Waals surface area contributed by atoms with Crippen molar-refractivity contribution in [1.29, 1.82) is 0 Å². The quantitative estimate of drug-likeness (QED) is 0.831. The summed E-state index contributed by atoms with van der Waals surface area (Å²) in [6, 6.07) is 2.18. The van der Waals surface area contributed by atoms with Crippen LogP contribution in [0.25, 0.3) is 0 Å². The lowest BCUT2D eigenvalue weighted by molar-refractivity contribution is 0.554. The van der Waals surface area contributed by atoms with Crippen LogP contribution in [0.2, 0.25) is 0 Å². The standard InChI is InChI=1S/C10H12BrFN2O2S/c11-7-3-8(12)10(4-9(7)13)17(15,16)14-5-6-1-2-6/h3-4,6,14H,1-2,5,13H2. The number of halogens is 2. The van der Waals surface area contributed by atoms with E-state index in [-0.39, 0.29) is 5.69 Å². The Kier molecular flexibility index (Phi) is 3.42. The highest BCUT2D eigenvalue weighted by Gasteiger charge is 2.26. The normalized spacial score (nSPS) is 16.1. The van der Waals surface area contributed by atoms with E-state index < -0.39 is 20.7 Å². The largest absolute Gasteiger partial charge is 0.398 e. The minimum absolute atomic E-state index is 0.193. The van der Waals surface area contributed by atoms with E-state index in [4.69, 9.17) is 5.73 Å². The third-order valence-corrected chi connectivity index (χ3v) is 4.73. The van der Waals surface area contributed by atoms with Gasteiger partial charge >= 0.3 is 0 Å². The monoisotopic (exact) mass is 322 g/mol. The summed E-state index contributed by atoms with van der Waals surface area (Å²) in [5.41, 5.74) is 5.74. The molecule has 0 atom stereocenters. The smallest absolute Gasteiger partial charge is 0.243 e. The van der Waals surface area contributed by atoms with E-state index in [1.807, 2.05) is 0 Å². The number of hydrogen-bond donors (Lipinski definition) is 2. The molecule has 1 fully saturated rings. The maximum atomic E-state index is 13.6. The van der Waals surface area contributed by atoms with Gasteiger partial charge in [0.2, 0.25) is 10.0 Å². The van der Waals surface area contributed by atoms with Crippen LogP contribution in [0.15, 0.2) is 21.5 Å². The summed E-state index contributed by atoms with van der Waals surface area (Å²) in [6.07, 6.45) is 2.04. The molecule has 0 saturated heterocycles. The molecule has 1 aromatic carbocycles. The lowest BCUT2D eigenvalue weighted by Gasteiger charge is -2.08. The van der Waals surface area contributed by atoms with Crippen molar-refractivity contribution in [2.75, 3.05) is 12.3 Å². The summed E-state index contributed by atoms with van der Waals surface area (Å²) in [4.78, 5) is -0.404. The number of nitrogen functional groups attached to an aromatic ring is 1. The summed E-state index contributed by atoms with van der Waals surface area (Å²) < 4.78 is 39.9. The second-order valence-corrected chi connectivity index (χ2v) is 6.69. The molecule has 0 amide bonds. The predicted molar refractivity (Wildman–Crippen MR) is 66.4 cm³/mol. The van der Waals surface area contributed by atoms with Crippen LogP contribution in [0.4, 0.5) is 10.1 Å². The number of benzene rings is 1. The Balaban J connectivity index is 2.27. The zero-order valence-electron chi connectivity index (χ0n) is 8.91. The van der Waals surface area contributed by atoms with E-state index in [1.165, 1.54) is 0 Å². The molecule has 1 aromatic rings. The van der Waals surface area contributed by atoms with Crippen LogP contribution in [0, 0.1) is 11.7 Å². The zero-order valence-corrected chi connectivity index (χ0v) is 11.3. The van der Waals surface area contributed by atoms with E-state index in [2.05, 4.69) is 20.7 Å². The van der Waals surface area contributed by atoms with Gasteiger partial charge in [-0.25, -0.2) is 17.5 Å². The minimum atomic E-state index is -3.81. The minimum Gasteiger partial charge on any atom is -0.398 e. The molecule has 1 saturated carbocycles. The van der Waals surface area contributed by atoms with E-state index in [0.29, 0.717) is 16.9 Å². The third kappa shape index (κ3) is 2.97. The Labute approximate surface area is 108 Å². The summed E-state index contributed by atoms with van der Waals surface area (Å²) in [5, 5.41) is 0. The van der Waals surface area contributed by atoms with Gasteiger partial charge in [-0.3, -0.25) is 0 Å². The van der Waals surface area contributed by atoms with Gasteiger partial charge in [-0.05, 0) is 46.8 Å². The van der Waals surface area contributed by atoms with Gasteiger partial charge in [0, 0.05) is 16.7 Å². The van der Waals surface area contributed by atoms with Gasteiger partial charge < -0.3 is 5.73 Å².